The van der Waals surface area contributed by atoms with Gasteiger partial charge in [-0.15, -0.1) is 0 Å². The number of thioether (sulfide) groups is 1. The van der Waals surface area contributed by atoms with Crippen LogP contribution in [-0.4, -0.2) is 47.1 Å². The van der Waals surface area contributed by atoms with Crippen molar-refractivity contribution in [1.82, 2.24) is 10.2 Å². The molecule has 2 saturated heterocycles. The lowest BCUT2D eigenvalue weighted by Crippen LogP contribution is -2.49. The summed E-state index contributed by atoms with van der Waals surface area (Å²) in [4.78, 5) is 2.75. The van der Waals surface area contributed by atoms with Gasteiger partial charge in [-0.2, -0.15) is 11.8 Å². The minimum atomic E-state index is 0.799. The van der Waals surface area contributed by atoms with Gasteiger partial charge in [-0.05, 0) is 44.4 Å². The van der Waals surface area contributed by atoms with E-state index in [2.05, 4.69) is 28.9 Å². The topological polar surface area (TPSA) is 15.3 Å². The molecule has 3 aliphatic rings. The van der Waals surface area contributed by atoms with Crippen LogP contribution in [0.25, 0.3) is 0 Å². The molecule has 0 radical (unpaired) electrons. The number of piperidine rings is 1. The summed E-state index contributed by atoms with van der Waals surface area (Å²) in [7, 11) is 0. The van der Waals surface area contributed by atoms with Crippen LogP contribution in [0.3, 0.4) is 0 Å². The van der Waals surface area contributed by atoms with E-state index in [1.54, 1.807) is 0 Å². The number of hydrogen-bond donors (Lipinski definition) is 1. The average Bonchev–Trinajstić information content (AvgIpc) is 2.99. The first-order valence-electron chi connectivity index (χ1n) is 8.00. The summed E-state index contributed by atoms with van der Waals surface area (Å²) in [5.74, 6) is 1.28. The van der Waals surface area contributed by atoms with E-state index >= 15 is 0 Å². The molecule has 0 bridgehead atoms. The lowest BCUT2D eigenvalue weighted by Gasteiger charge is -2.34. The summed E-state index contributed by atoms with van der Waals surface area (Å²) < 4.78 is 0. The largest absolute Gasteiger partial charge is 0.309 e. The van der Waals surface area contributed by atoms with Gasteiger partial charge in [-0.3, -0.25) is 4.90 Å². The lowest BCUT2D eigenvalue weighted by molar-refractivity contribution is 0.177. The minimum Gasteiger partial charge on any atom is -0.309 e. The van der Waals surface area contributed by atoms with E-state index in [1.807, 2.05) is 0 Å². The molecular formula is C15H28N2S. The van der Waals surface area contributed by atoms with Gasteiger partial charge >= 0.3 is 0 Å². The van der Waals surface area contributed by atoms with Crippen LogP contribution in [0.5, 0.6) is 0 Å². The summed E-state index contributed by atoms with van der Waals surface area (Å²) in [6.45, 7) is 5.01. The second-order valence-corrected chi connectivity index (χ2v) is 7.71. The molecule has 1 N–H and O–H groups in total. The summed E-state index contributed by atoms with van der Waals surface area (Å²) >= 11 is 2.18. The van der Waals surface area contributed by atoms with Crippen molar-refractivity contribution in [3.63, 3.8) is 0 Å². The van der Waals surface area contributed by atoms with Crippen molar-refractivity contribution in [2.75, 3.05) is 18.8 Å². The Morgan fingerprint density at radius 1 is 1.00 bits per heavy atom. The highest BCUT2D eigenvalue weighted by atomic mass is 32.2. The first-order valence-corrected chi connectivity index (χ1v) is 9.05. The van der Waals surface area contributed by atoms with Crippen LogP contribution in [0, 0.1) is 0 Å². The van der Waals surface area contributed by atoms with Crippen molar-refractivity contribution in [2.45, 2.75) is 75.2 Å². The molecule has 1 aliphatic carbocycles. The number of nitrogens with one attached hydrogen (secondary N) is 1. The average molecular weight is 268 g/mol. The van der Waals surface area contributed by atoms with E-state index in [-0.39, 0.29) is 0 Å². The molecule has 1 saturated carbocycles. The van der Waals surface area contributed by atoms with E-state index in [1.165, 1.54) is 63.8 Å². The van der Waals surface area contributed by atoms with Crippen LogP contribution in [0.2, 0.25) is 0 Å². The monoisotopic (exact) mass is 268 g/mol. The molecule has 0 aromatic heterocycles. The number of rotatable bonds is 4. The molecule has 0 amide bonds. The lowest BCUT2D eigenvalue weighted by atomic mass is 9.98. The number of nitrogens with zero attached hydrogens (tertiary/aromatic N) is 1. The summed E-state index contributed by atoms with van der Waals surface area (Å²) in [5, 5.41) is 4.95. The molecule has 104 valence electrons. The van der Waals surface area contributed by atoms with E-state index in [9.17, 15) is 0 Å². The van der Waals surface area contributed by atoms with Gasteiger partial charge in [0.2, 0.25) is 0 Å². The molecular weight excluding hydrogens is 240 g/mol. The smallest absolute Gasteiger partial charge is 0.0249 e. The minimum absolute atomic E-state index is 0.799. The molecule has 0 aromatic carbocycles. The van der Waals surface area contributed by atoms with Crippen molar-refractivity contribution < 1.29 is 0 Å². The Balaban J connectivity index is 1.55. The van der Waals surface area contributed by atoms with Gasteiger partial charge in [-0.25, -0.2) is 0 Å². The summed E-state index contributed by atoms with van der Waals surface area (Å²) in [6, 6.07) is 2.47. The SMILES string of the molecule is CCSC1CCCC1NC1CCN2CCCCC12. The van der Waals surface area contributed by atoms with E-state index in [0.29, 0.717) is 0 Å². The summed E-state index contributed by atoms with van der Waals surface area (Å²) in [5.41, 5.74) is 0. The van der Waals surface area contributed by atoms with Crippen molar-refractivity contribution >= 4 is 11.8 Å². The van der Waals surface area contributed by atoms with Gasteiger partial charge in [0.1, 0.15) is 0 Å². The molecule has 4 unspecified atom stereocenters. The predicted octanol–water partition coefficient (Wildman–Crippen LogP) is 2.88. The molecule has 3 heteroatoms. The maximum absolute atomic E-state index is 4.05. The van der Waals surface area contributed by atoms with Crippen LogP contribution < -0.4 is 5.32 Å². The fourth-order valence-electron chi connectivity index (χ4n) is 4.25. The third-order valence-electron chi connectivity index (χ3n) is 5.12. The second-order valence-electron chi connectivity index (χ2n) is 6.19. The molecule has 2 nitrogen and oxygen atoms in total. The highest BCUT2D eigenvalue weighted by Crippen LogP contribution is 2.33. The van der Waals surface area contributed by atoms with Gasteiger partial charge in [0.05, 0.1) is 0 Å². The van der Waals surface area contributed by atoms with E-state index in [0.717, 1.165) is 23.4 Å². The van der Waals surface area contributed by atoms with Crippen molar-refractivity contribution in [3.05, 3.63) is 0 Å². The molecule has 3 fully saturated rings. The van der Waals surface area contributed by atoms with Crippen LogP contribution in [0.1, 0.15) is 51.9 Å². The highest BCUT2D eigenvalue weighted by Gasteiger charge is 2.38. The van der Waals surface area contributed by atoms with E-state index in [4.69, 9.17) is 0 Å². The number of hydrogen-bond acceptors (Lipinski definition) is 3. The van der Waals surface area contributed by atoms with Crippen LogP contribution in [0.4, 0.5) is 0 Å². The van der Waals surface area contributed by atoms with Crippen LogP contribution in [0.15, 0.2) is 0 Å². The van der Waals surface area contributed by atoms with Gasteiger partial charge in [-0.1, -0.05) is 19.8 Å². The maximum atomic E-state index is 4.05. The molecule has 2 aliphatic heterocycles. The molecule has 18 heavy (non-hydrogen) atoms. The molecule has 0 spiro atoms. The maximum Gasteiger partial charge on any atom is 0.0249 e. The Hall–Kier alpha value is 0.270. The molecule has 0 aromatic rings. The van der Waals surface area contributed by atoms with E-state index < -0.39 is 0 Å². The predicted molar refractivity (Wildman–Crippen MR) is 80.3 cm³/mol. The van der Waals surface area contributed by atoms with Crippen LogP contribution >= 0.6 is 11.8 Å². The zero-order chi connectivity index (χ0) is 12.4. The second kappa shape index (κ2) is 6.15. The first-order chi connectivity index (χ1) is 8.88. The third kappa shape index (κ3) is 2.73. The Morgan fingerprint density at radius 3 is 2.83 bits per heavy atom. The third-order valence-corrected chi connectivity index (χ3v) is 6.44. The molecule has 3 rings (SSSR count). The summed E-state index contributed by atoms with van der Waals surface area (Å²) in [6.07, 6.45) is 10.0. The van der Waals surface area contributed by atoms with Gasteiger partial charge < -0.3 is 5.32 Å². The molecule has 4 atom stereocenters. The Morgan fingerprint density at radius 2 is 1.94 bits per heavy atom. The molecule has 2 heterocycles. The fraction of sp³-hybridized carbons (Fsp3) is 1.00. The normalized spacial score (nSPS) is 41.2. The highest BCUT2D eigenvalue weighted by molar-refractivity contribution is 7.99. The van der Waals surface area contributed by atoms with Crippen molar-refractivity contribution in [3.8, 4) is 0 Å². The van der Waals surface area contributed by atoms with Crippen molar-refractivity contribution in [1.29, 1.82) is 0 Å². The Labute approximate surface area is 116 Å². The van der Waals surface area contributed by atoms with Crippen LogP contribution in [-0.2, 0) is 0 Å². The first kappa shape index (κ1) is 13.3. The fourth-order valence-corrected chi connectivity index (χ4v) is 5.46. The zero-order valence-electron chi connectivity index (χ0n) is 11.7. The standard InChI is InChI=1S/C15H28N2S/c1-2-18-15-8-5-6-13(15)16-12-9-11-17-10-4-3-7-14(12)17/h12-16H,2-11H2,1H3. The number of fused-ring (bicyclic) bond motifs is 1. The van der Waals surface area contributed by atoms with Gasteiger partial charge in [0.25, 0.3) is 0 Å². The Bertz CT molecular complexity index is 271. The van der Waals surface area contributed by atoms with Crippen molar-refractivity contribution in [2.24, 2.45) is 0 Å². The quantitative estimate of drug-likeness (QED) is 0.844. The zero-order valence-corrected chi connectivity index (χ0v) is 12.6. The van der Waals surface area contributed by atoms with Gasteiger partial charge in [0.15, 0.2) is 0 Å². The Kier molecular flexibility index (Phi) is 4.53. The van der Waals surface area contributed by atoms with Gasteiger partial charge in [0, 0.05) is 29.9 Å².